The SMILES string of the molecule is O=C(COc1c(Br)cc(Br)cc1Br)N/N=C/c1ccc(-c2cccc(C(=O)O)c2)o1. The third kappa shape index (κ3) is 5.80. The van der Waals surface area contributed by atoms with Gasteiger partial charge in [0.15, 0.2) is 6.61 Å². The van der Waals surface area contributed by atoms with Gasteiger partial charge in [0.1, 0.15) is 17.3 Å². The summed E-state index contributed by atoms with van der Waals surface area (Å²) in [5, 5.41) is 12.9. The Bertz CT molecular complexity index is 1100. The molecule has 1 heterocycles. The second kappa shape index (κ2) is 10.1. The first-order valence-electron chi connectivity index (χ1n) is 8.36. The van der Waals surface area contributed by atoms with Gasteiger partial charge in [-0.05, 0) is 68.3 Å². The molecule has 7 nitrogen and oxygen atoms in total. The minimum atomic E-state index is -1.02. The molecule has 2 aromatic carbocycles. The van der Waals surface area contributed by atoms with Gasteiger partial charge < -0.3 is 14.3 Å². The van der Waals surface area contributed by atoms with Gasteiger partial charge in [0, 0.05) is 10.0 Å². The molecule has 0 saturated heterocycles. The summed E-state index contributed by atoms with van der Waals surface area (Å²) in [5.41, 5.74) is 3.14. The van der Waals surface area contributed by atoms with E-state index >= 15 is 0 Å². The van der Waals surface area contributed by atoms with Crippen LogP contribution in [-0.4, -0.2) is 29.8 Å². The van der Waals surface area contributed by atoms with Gasteiger partial charge in [0.25, 0.3) is 5.91 Å². The quantitative estimate of drug-likeness (QED) is 0.277. The summed E-state index contributed by atoms with van der Waals surface area (Å²) in [6, 6.07) is 13.3. The van der Waals surface area contributed by atoms with Crippen LogP contribution in [0.4, 0.5) is 0 Å². The number of nitrogens with one attached hydrogen (secondary N) is 1. The second-order valence-corrected chi connectivity index (χ2v) is 8.49. The van der Waals surface area contributed by atoms with E-state index < -0.39 is 11.9 Å². The summed E-state index contributed by atoms with van der Waals surface area (Å²) in [6.07, 6.45) is 1.34. The van der Waals surface area contributed by atoms with Crippen LogP contribution in [0.5, 0.6) is 5.75 Å². The Balaban J connectivity index is 1.57. The molecule has 0 aliphatic heterocycles. The fraction of sp³-hybridized carbons (Fsp3) is 0.0500. The number of halogens is 3. The van der Waals surface area contributed by atoms with Gasteiger partial charge in [-0.2, -0.15) is 5.10 Å². The second-order valence-electron chi connectivity index (χ2n) is 5.87. The number of furan rings is 1. The van der Waals surface area contributed by atoms with E-state index in [1.807, 2.05) is 0 Å². The van der Waals surface area contributed by atoms with E-state index in [0.29, 0.717) is 31.8 Å². The normalized spacial score (nSPS) is 10.9. The zero-order chi connectivity index (χ0) is 21.7. The predicted octanol–water partition coefficient (Wildman–Crippen LogP) is 5.46. The molecule has 3 rings (SSSR count). The van der Waals surface area contributed by atoms with Crippen LogP contribution in [0.3, 0.4) is 0 Å². The molecule has 0 unspecified atom stereocenters. The number of amides is 1. The monoisotopic (exact) mass is 598 g/mol. The lowest BCUT2D eigenvalue weighted by Crippen LogP contribution is -2.24. The number of hydrazone groups is 1. The summed E-state index contributed by atoms with van der Waals surface area (Å²) in [4.78, 5) is 23.0. The van der Waals surface area contributed by atoms with Crippen LogP contribution in [0.15, 0.2) is 71.5 Å². The molecule has 0 bridgehead atoms. The Hall–Kier alpha value is -2.43. The van der Waals surface area contributed by atoms with E-state index in [1.165, 1.54) is 18.3 Å². The summed E-state index contributed by atoms with van der Waals surface area (Å²) < 4.78 is 13.4. The maximum absolute atomic E-state index is 11.9. The highest BCUT2D eigenvalue weighted by Crippen LogP contribution is 2.36. The lowest BCUT2D eigenvalue weighted by atomic mass is 10.1. The largest absolute Gasteiger partial charge is 0.481 e. The first kappa shape index (κ1) is 22.3. The molecule has 0 spiro atoms. The zero-order valence-corrected chi connectivity index (χ0v) is 19.8. The maximum Gasteiger partial charge on any atom is 0.335 e. The van der Waals surface area contributed by atoms with Crippen LogP contribution in [0.25, 0.3) is 11.3 Å². The van der Waals surface area contributed by atoms with Crippen molar-refractivity contribution in [2.45, 2.75) is 0 Å². The third-order valence-corrected chi connectivity index (χ3v) is 5.35. The topological polar surface area (TPSA) is 101 Å². The molecular weight excluding hydrogens is 588 g/mol. The number of nitrogens with zero attached hydrogens (tertiary/aromatic N) is 1. The van der Waals surface area contributed by atoms with Crippen molar-refractivity contribution in [3.8, 4) is 17.1 Å². The van der Waals surface area contributed by atoms with Gasteiger partial charge in [-0.25, -0.2) is 10.2 Å². The van der Waals surface area contributed by atoms with E-state index in [9.17, 15) is 9.59 Å². The Morgan fingerprint density at radius 1 is 1.10 bits per heavy atom. The number of rotatable bonds is 7. The molecule has 2 N–H and O–H groups in total. The highest BCUT2D eigenvalue weighted by molar-refractivity contribution is 9.11. The number of benzene rings is 2. The fourth-order valence-electron chi connectivity index (χ4n) is 2.39. The summed E-state index contributed by atoms with van der Waals surface area (Å²) in [7, 11) is 0. The van der Waals surface area contributed by atoms with Crippen molar-refractivity contribution < 1.29 is 23.8 Å². The maximum atomic E-state index is 11.9. The summed E-state index contributed by atoms with van der Waals surface area (Å²) >= 11 is 10.1. The first-order valence-corrected chi connectivity index (χ1v) is 10.7. The molecule has 10 heteroatoms. The zero-order valence-electron chi connectivity index (χ0n) is 15.1. The average molecular weight is 601 g/mol. The Labute approximate surface area is 196 Å². The van der Waals surface area contributed by atoms with Gasteiger partial charge in [-0.3, -0.25) is 4.79 Å². The van der Waals surface area contributed by atoms with Gasteiger partial charge in [0.05, 0.1) is 20.7 Å². The predicted molar refractivity (Wildman–Crippen MR) is 122 cm³/mol. The molecule has 0 saturated carbocycles. The Morgan fingerprint density at radius 3 is 2.53 bits per heavy atom. The van der Waals surface area contributed by atoms with Crippen molar-refractivity contribution in [2.75, 3.05) is 6.61 Å². The fourth-order valence-corrected chi connectivity index (χ4v) is 4.88. The molecular formula is C20H13Br3N2O5. The molecule has 0 aliphatic rings. The van der Waals surface area contributed by atoms with Crippen molar-refractivity contribution in [2.24, 2.45) is 5.10 Å². The lowest BCUT2D eigenvalue weighted by molar-refractivity contribution is -0.123. The minimum Gasteiger partial charge on any atom is -0.481 e. The van der Waals surface area contributed by atoms with Crippen molar-refractivity contribution in [3.63, 3.8) is 0 Å². The molecule has 1 aromatic heterocycles. The minimum absolute atomic E-state index is 0.162. The number of carbonyl (C=O) groups is 2. The number of carbonyl (C=O) groups excluding carboxylic acids is 1. The van der Waals surface area contributed by atoms with Gasteiger partial charge in [-0.1, -0.05) is 28.1 Å². The molecule has 0 atom stereocenters. The summed E-state index contributed by atoms with van der Waals surface area (Å²) in [6.45, 7) is -0.235. The molecule has 1 amide bonds. The molecule has 0 aliphatic carbocycles. The molecule has 3 aromatic rings. The van der Waals surface area contributed by atoms with Crippen LogP contribution in [-0.2, 0) is 4.79 Å². The number of aromatic carboxylic acids is 1. The summed E-state index contributed by atoms with van der Waals surface area (Å²) in [5.74, 6) is -0.0904. The van der Waals surface area contributed by atoms with Crippen LogP contribution >= 0.6 is 47.8 Å². The van der Waals surface area contributed by atoms with E-state index in [-0.39, 0.29) is 12.2 Å². The van der Waals surface area contributed by atoms with Gasteiger partial charge in [0.2, 0.25) is 0 Å². The number of carboxylic acid groups (broad SMARTS) is 1. The van der Waals surface area contributed by atoms with E-state index in [2.05, 4.69) is 58.3 Å². The smallest absolute Gasteiger partial charge is 0.335 e. The van der Waals surface area contributed by atoms with E-state index in [4.69, 9.17) is 14.3 Å². The highest BCUT2D eigenvalue weighted by atomic mass is 79.9. The van der Waals surface area contributed by atoms with E-state index in [0.717, 1.165) is 4.47 Å². The number of hydrogen-bond donors (Lipinski definition) is 2. The van der Waals surface area contributed by atoms with Crippen molar-refractivity contribution in [1.82, 2.24) is 5.43 Å². The number of ether oxygens (including phenoxy) is 1. The van der Waals surface area contributed by atoms with Crippen molar-refractivity contribution in [1.29, 1.82) is 0 Å². The number of hydrogen-bond acceptors (Lipinski definition) is 5. The molecule has 0 radical (unpaired) electrons. The standard InChI is InChI=1S/C20H13Br3N2O5/c21-13-7-15(22)19(16(23)8-13)29-10-18(26)25-24-9-14-4-5-17(30-14)11-2-1-3-12(6-11)20(27)28/h1-9H,10H2,(H,25,26)(H,27,28)/b24-9+. The average Bonchev–Trinajstić information content (AvgIpc) is 3.16. The van der Waals surface area contributed by atoms with Crippen LogP contribution in [0.1, 0.15) is 16.1 Å². The third-order valence-electron chi connectivity index (χ3n) is 3.71. The lowest BCUT2D eigenvalue weighted by Gasteiger charge is -2.09. The van der Waals surface area contributed by atoms with Gasteiger partial charge in [-0.15, -0.1) is 0 Å². The molecule has 30 heavy (non-hydrogen) atoms. The molecule has 0 fully saturated rings. The molecule has 154 valence electrons. The Kier molecular flexibility index (Phi) is 7.46. The van der Waals surface area contributed by atoms with E-state index in [1.54, 1.807) is 36.4 Å². The highest BCUT2D eigenvalue weighted by Gasteiger charge is 2.11. The van der Waals surface area contributed by atoms with Crippen LogP contribution < -0.4 is 10.2 Å². The Morgan fingerprint density at radius 2 is 1.83 bits per heavy atom. The van der Waals surface area contributed by atoms with Crippen LogP contribution in [0.2, 0.25) is 0 Å². The number of carboxylic acids is 1. The van der Waals surface area contributed by atoms with Crippen LogP contribution in [0, 0.1) is 0 Å². The first-order chi connectivity index (χ1) is 14.3. The van der Waals surface area contributed by atoms with Gasteiger partial charge >= 0.3 is 5.97 Å². The van der Waals surface area contributed by atoms with Crippen molar-refractivity contribution >= 4 is 65.9 Å². The van der Waals surface area contributed by atoms with Crippen molar-refractivity contribution in [3.05, 3.63) is 73.3 Å².